The molecule has 1 aromatic heterocycles. The first kappa shape index (κ1) is 15.4. The number of ketones is 3. The Morgan fingerprint density at radius 3 is 2.00 bits per heavy atom. The summed E-state index contributed by atoms with van der Waals surface area (Å²) in [4.78, 5) is 37.1. The van der Waals surface area contributed by atoms with Crippen LogP contribution in [0.4, 0.5) is 0 Å². The van der Waals surface area contributed by atoms with Crippen LogP contribution in [0.2, 0.25) is 5.02 Å². The first-order chi connectivity index (χ1) is 10.8. The Balaban J connectivity index is 2.35. The van der Waals surface area contributed by atoms with Crippen LogP contribution in [0.25, 0.3) is 11.3 Å². The third-order valence-electron chi connectivity index (χ3n) is 4.03. The molecule has 1 aliphatic rings. The second kappa shape index (κ2) is 5.32. The Kier molecular flexibility index (Phi) is 3.57. The third kappa shape index (κ3) is 2.26. The molecule has 0 aliphatic heterocycles. The molecule has 0 atom stereocenters. The fourth-order valence-electron chi connectivity index (χ4n) is 2.63. The van der Waals surface area contributed by atoms with Gasteiger partial charge in [0, 0.05) is 28.7 Å². The van der Waals surface area contributed by atoms with Crippen molar-refractivity contribution in [2.45, 2.75) is 20.8 Å². The number of Topliss-reactive ketones (excluding diaryl/α,β-unsaturated/α-hetero) is 3. The highest BCUT2D eigenvalue weighted by molar-refractivity contribution is 6.31. The van der Waals surface area contributed by atoms with Gasteiger partial charge in [-0.25, -0.2) is 0 Å². The lowest BCUT2D eigenvalue weighted by molar-refractivity contribution is 0.0957. The maximum Gasteiger partial charge on any atom is 0.195 e. The molecular formula is C18H13ClO4. The zero-order valence-corrected chi connectivity index (χ0v) is 13.6. The second-order valence-corrected chi connectivity index (χ2v) is 5.92. The number of benzene rings is 1. The van der Waals surface area contributed by atoms with E-state index in [9.17, 15) is 14.4 Å². The van der Waals surface area contributed by atoms with Gasteiger partial charge in [0.2, 0.25) is 0 Å². The summed E-state index contributed by atoms with van der Waals surface area (Å²) in [6.45, 7) is 4.49. The van der Waals surface area contributed by atoms with Gasteiger partial charge in [-0.15, -0.1) is 0 Å². The smallest absolute Gasteiger partial charge is 0.195 e. The molecule has 1 aromatic carbocycles. The summed E-state index contributed by atoms with van der Waals surface area (Å²) in [6.07, 6.45) is 0. The van der Waals surface area contributed by atoms with Gasteiger partial charge in [0.05, 0.1) is 11.1 Å². The van der Waals surface area contributed by atoms with Crippen molar-refractivity contribution in [3.8, 4) is 11.3 Å². The molecule has 3 rings (SSSR count). The maximum atomic E-state index is 12.7. The van der Waals surface area contributed by atoms with Crippen molar-refractivity contribution in [1.82, 2.24) is 0 Å². The fraction of sp³-hybridized carbons (Fsp3) is 0.167. The molecule has 2 aromatic rings. The van der Waals surface area contributed by atoms with E-state index < -0.39 is 5.78 Å². The highest BCUT2D eigenvalue weighted by Gasteiger charge is 2.37. The highest BCUT2D eigenvalue weighted by atomic mass is 35.5. The molecule has 5 heteroatoms. The molecule has 0 bridgehead atoms. The summed E-state index contributed by atoms with van der Waals surface area (Å²) in [6, 6.07) is 6.68. The van der Waals surface area contributed by atoms with Crippen LogP contribution < -0.4 is 0 Å². The number of fused-ring (bicyclic) bond motifs is 1. The van der Waals surface area contributed by atoms with E-state index in [4.69, 9.17) is 16.0 Å². The summed E-state index contributed by atoms with van der Waals surface area (Å²) in [5.74, 6) is -0.873. The fourth-order valence-corrected chi connectivity index (χ4v) is 2.76. The minimum atomic E-state index is -0.394. The predicted molar refractivity (Wildman–Crippen MR) is 86.2 cm³/mol. The van der Waals surface area contributed by atoms with Crippen LogP contribution in [0.3, 0.4) is 0 Å². The molecule has 0 radical (unpaired) electrons. The maximum absolute atomic E-state index is 12.7. The van der Waals surface area contributed by atoms with Crippen molar-refractivity contribution < 1.29 is 18.8 Å². The number of allylic oxidation sites excluding steroid dienone is 2. The minimum Gasteiger partial charge on any atom is -0.451 e. The van der Waals surface area contributed by atoms with Gasteiger partial charge in [-0.3, -0.25) is 14.4 Å². The van der Waals surface area contributed by atoms with Crippen molar-refractivity contribution in [2.75, 3.05) is 0 Å². The number of carbonyl (C=O) groups excluding carboxylic acids is 3. The molecule has 1 heterocycles. The van der Waals surface area contributed by atoms with E-state index >= 15 is 0 Å². The average molecular weight is 329 g/mol. The first-order valence-electron chi connectivity index (χ1n) is 7.03. The third-order valence-corrected chi connectivity index (χ3v) is 4.28. The predicted octanol–water partition coefficient (Wildman–Crippen LogP) is 4.52. The van der Waals surface area contributed by atoms with Crippen molar-refractivity contribution in [2.24, 2.45) is 0 Å². The highest BCUT2D eigenvalue weighted by Crippen LogP contribution is 2.38. The van der Waals surface area contributed by atoms with Crippen LogP contribution >= 0.6 is 11.6 Å². The normalized spacial score (nSPS) is 14.3. The molecule has 0 fully saturated rings. The summed E-state index contributed by atoms with van der Waals surface area (Å²) >= 11 is 5.88. The van der Waals surface area contributed by atoms with E-state index in [1.807, 2.05) is 0 Å². The standard InChI is InChI=1S/C18H13ClO4/c1-8-9(2)16(22)14-13(15(8)21)17(10(3)20)23-18(14)11-4-6-12(19)7-5-11/h4-7H,1-3H3. The van der Waals surface area contributed by atoms with Gasteiger partial charge >= 0.3 is 0 Å². The van der Waals surface area contributed by atoms with Crippen molar-refractivity contribution in [1.29, 1.82) is 0 Å². The quantitative estimate of drug-likeness (QED) is 0.760. The minimum absolute atomic E-state index is 0.0653. The molecule has 4 nitrogen and oxygen atoms in total. The van der Waals surface area contributed by atoms with E-state index in [1.54, 1.807) is 38.1 Å². The van der Waals surface area contributed by atoms with Crippen LogP contribution in [-0.4, -0.2) is 17.3 Å². The van der Waals surface area contributed by atoms with Gasteiger partial charge < -0.3 is 4.42 Å². The molecule has 1 aliphatic carbocycles. The SMILES string of the molecule is CC(=O)c1oc(-c2ccc(Cl)cc2)c2c1C(=O)C(C)=C(C)C2=O. The zero-order chi connectivity index (χ0) is 16.9. The van der Waals surface area contributed by atoms with Crippen molar-refractivity contribution >= 4 is 29.0 Å². The molecule has 0 spiro atoms. The van der Waals surface area contributed by atoms with Gasteiger partial charge in [-0.05, 0) is 38.1 Å². The topological polar surface area (TPSA) is 64.3 Å². The van der Waals surface area contributed by atoms with Crippen molar-refractivity contribution in [3.63, 3.8) is 0 Å². The molecule has 23 heavy (non-hydrogen) atoms. The number of furan rings is 1. The zero-order valence-electron chi connectivity index (χ0n) is 12.8. The van der Waals surface area contributed by atoms with Crippen LogP contribution in [0, 0.1) is 0 Å². The number of hydrogen-bond acceptors (Lipinski definition) is 4. The molecule has 0 unspecified atom stereocenters. The Bertz CT molecular complexity index is 898. The molecule has 0 saturated heterocycles. The van der Waals surface area contributed by atoms with Crippen LogP contribution in [0.5, 0.6) is 0 Å². The summed E-state index contributed by atoms with van der Waals surface area (Å²) < 4.78 is 5.63. The van der Waals surface area contributed by atoms with E-state index in [-0.39, 0.29) is 34.2 Å². The lowest BCUT2D eigenvalue weighted by atomic mass is 9.84. The summed E-state index contributed by atoms with van der Waals surface area (Å²) in [5, 5.41) is 0.537. The Labute approximate surface area is 137 Å². The van der Waals surface area contributed by atoms with E-state index in [0.717, 1.165) is 0 Å². The summed E-state index contributed by atoms with van der Waals surface area (Å²) in [5.41, 5.74) is 1.52. The lowest BCUT2D eigenvalue weighted by Crippen LogP contribution is -2.20. The molecule has 0 amide bonds. The number of hydrogen-bond donors (Lipinski definition) is 0. The van der Waals surface area contributed by atoms with Gasteiger partial charge in [-0.2, -0.15) is 0 Å². The van der Waals surface area contributed by atoms with E-state index in [1.165, 1.54) is 6.92 Å². The largest absolute Gasteiger partial charge is 0.451 e. The Hall–Kier alpha value is -2.46. The molecule has 0 N–H and O–H groups in total. The number of halogens is 1. The summed E-state index contributed by atoms with van der Waals surface area (Å²) in [7, 11) is 0. The first-order valence-corrected chi connectivity index (χ1v) is 7.41. The Morgan fingerprint density at radius 1 is 0.957 bits per heavy atom. The number of rotatable bonds is 2. The lowest BCUT2D eigenvalue weighted by Gasteiger charge is -2.14. The Morgan fingerprint density at radius 2 is 1.48 bits per heavy atom. The second-order valence-electron chi connectivity index (χ2n) is 5.48. The van der Waals surface area contributed by atoms with Crippen LogP contribution in [0.1, 0.15) is 52.0 Å². The molecular weight excluding hydrogens is 316 g/mol. The van der Waals surface area contributed by atoms with Gasteiger partial charge in [0.1, 0.15) is 5.76 Å². The monoisotopic (exact) mass is 328 g/mol. The van der Waals surface area contributed by atoms with Gasteiger partial charge in [0.15, 0.2) is 23.1 Å². The average Bonchev–Trinajstić information content (AvgIpc) is 2.92. The molecule has 0 saturated carbocycles. The van der Waals surface area contributed by atoms with Crippen LogP contribution in [-0.2, 0) is 0 Å². The van der Waals surface area contributed by atoms with Crippen molar-refractivity contribution in [3.05, 3.63) is 57.3 Å². The number of carbonyl (C=O) groups is 3. The van der Waals surface area contributed by atoms with Crippen LogP contribution in [0.15, 0.2) is 39.8 Å². The van der Waals surface area contributed by atoms with E-state index in [2.05, 4.69) is 0 Å². The van der Waals surface area contributed by atoms with Gasteiger partial charge in [-0.1, -0.05) is 11.6 Å². The molecule has 116 valence electrons. The van der Waals surface area contributed by atoms with Gasteiger partial charge in [0.25, 0.3) is 0 Å². The van der Waals surface area contributed by atoms with E-state index in [0.29, 0.717) is 21.7 Å².